The minimum atomic E-state index is -0.191. The molecule has 0 spiro atoms. The van der Waals surface area contributed by atoms with Crippen LogP contribution < -0.4 is 5.32 Å². The van der Waals surface area contributed by atoms with Crippen LogP contribution in [0.1, 0.15) is 24.8 Å². The summed E-state index contributed by atoms with van der Waals surface area (Å²) in [7, 11) is 0. The van der Waals surface area contributed by atoms with Gasteiger partial charge in [-0.15, -0.1) is 0 Å². The number of rotatable bonds is 2. The van der Waals surface area contributed by atoms with Gasteiger partial charge in [0.15, 0.2) is 0 Å². The molecule has 0 amide bonds. The summed E-state index contributed by atoms with van der Waals surface area (Å²) in [5.74, 6) is 0. The van der Waals surface area contributed by atoms with Crippen molar-refractivity contribution in [2.75, 3.05) is 5.32 Å². The number of halogens is 1. The van der Waals surface area contributed by atoms with Crippen LogP contribution in [0.2, 0.25) is 0 Å². The average molecular weight is 270 g/mol. The summed E-state index contributed by atoms with van der Waals surface area (Å²) < 4.78 is 1.07. The van der Waals surface area contributed by atoms with Crippen LogP contribution in [0.5, 0.6) is 0 Å². The van der Waals surface area contributed by atoms with Gasteiger partial charge in [-0.3, -0.25) is 0 Å². The van der Waals surface area contributed by atoms with E-state index in [0.717, 1.165) is 29.4 Å². The maximum absolute atomic E-state index is 9.74. The highest BCUT2D eigenvalue weighted by molar-refractivity contribution is 9.10. The zero-order chi connectivity index (χ0) is 10.8. The molecule has 0 bridgehead atoms. The number of benzene rings is 1. The zero-order valence-electron chi connectivity index (χ0n) is 8.83. The van der Waals surface area contributed by atoms with E-state index in [4.69, 9.17) is 0 Å². The monoisotopic (exact) mass is 269 g/mol. The first-order valence-corrected chi connectivity index (χ1v) is 6.17. The van der Waals surface area contributed by atoms with E-state index in [9.17, 15) is 5.11 Å². The van der Waals surface area contributed by atoms with Crippen LogP contribution in [0, 0.1) is 6.92 Å². The zero-order valence-corrected chi connectivity index (χ0v) is 10.4. The van der Waals surface area contributed by atoms with Gasteiger partial charge < -0.3 is 10.4 Å². The van der Waals surface area contributed by atoms with E-state index in [1.807, 2.05) is 6.07 Å². The lowest BCUT2D eigenvalue weighted by molar-refractivity contribution is 0.172. The Labute approximate surface area is 98.8 Å². The van der Waals surface area contributed by atoms with Crippen molar-refractivity contribution >= 4 is 21.6 Å². The Morgan fingerprint density at radius 1 is 1.40 bits per heavy atom. The van der Waals surface area contributed by atoms with Crippen molar-refractivity contribution in [1.29, 1.82) is 0 Å². The smallest absolute Gasteiger partial charge is 0.0741 e. The number of anilines is 1. The van der Waals surface area contributed by atoms with Gasteiger partial charge in [0.1, 0.15) is 0 Å². The number of hydrogen-bond acceptors (Lipinski definition) is 2. The van der Waals surface area contributed by atoms with Crippen LogP contribution in [0.25, 0.3) is 0 Å². The SMILES string of the molecule is Cc1ccc(Br)cc1N[C@H]1CCC[C@@H]1O. The Balaban J connectivity index is 2.12. The van der Waals surface area contributed by atoms with Crippen LogP contribution in [-0.4, -0.2) is 17.3 Å². The summed E-state index contributed by atoms with van der Waals surface area (Å²) >= 11 is 3.46. The largest absolute Gasteiger partial charge is 0.391 e. The third-order valence-corrected chi connectivity index (χ3v) is 3.51. The van der Waals surface area contributed by atoms with Crippen molar-refractivity contribution in [3.63, 3.8) is 0 Å². The molecule has 15 heavy (non-hydrogen) atoms. The predicted octanol–water partition coefficient (Wildman–Crippen LogP) is 3.08. The Bertz CT molecular complexity index is 353. The Morgan fingerprint density at radius 2 is 2.20 bits per heavy atom. The topological polar surface area (TPSA) is 32.3 Å². The normalized spacial score (nSPS) is 25.5. The number of nitrogens with one attached hydrogen (secondary N) is 1. The lowest BCUT2D eigenvalue weighted by atomic mass is 10.1. The molecule has 2 rings (SSSR count). The van der Waals surface area contributed by atoms with Gasteiger partial charge in [0.05, 0.1) is 12.1 Å². The van der Waals surface area contributed by atoms with Crippen molar-refractivity contribution in [2.24, 2.45) is 0 Å². The molecule has 1 aliphatic carbocycles. The molecule has 82 valence electrons. The molecule has 3 heteroatoms. The van der Waals surface area contributed by atoms with Crippen LogP contribution in [-0.2, 0) is 0 Å². The first-order valence-electron chi connectivity index (χ1n) is 5.37. The highest BCUT2D eigenvalue weighted by Gasteiger charge is 2.25. The fourth-order valence-corrected chi connectivity index (χ4v) is 2.42. The van der Waals surface area contributed by atoms with Gasteiger partial charge >= 0.3 is 0 Å². The first kappa shape index (κ1) is 11.0. The van der Waals surface area contributed by atoms with Gasteiger partial charge in [-0.1, -0.05) is 22.0 Å². The van der Waals surface area contributed by atoms with Crippen LogP contribution >= 0.6 is 15.9 Å². The molecule has 2 atom stereocenters. The number of aliphatic hydroxyl groups is 1. The van der Waals surface area contributed by atoms with E-state index in [1.54, 1.807) is 0 Å². The summed E-state index contributed by atoms with van der Waals surface area (Å²) in [5.41, 5.74) is 2.34. The molecule has 1 aromatic rings. The van der Waals surface area contributed by atoms with Crippen LogP contribution in [0.3, 0.4) is 0 Å². The predicted molar refractivity (Wildman–Crippen MR) is 66.1 cm³/mol. The molecular weight excluding hydrogens is 254 g/mol. The van der Waals surface area contributed by atoms with Crippen molar-refractivity contribution < 1.29 is 5.11 Å². The standard InChI is InChI=1S/C12H16BrNO/c1-8-5-6-9(13)7-11(8)14-10-3-2-4-12(10)15/h5-7,10,12,14-15H,2-4H2,1H3/t10-,12-/m0/s1. The summed E-state index contributed by atoms with van der Waals surface area (Å²) in [6.45, 7) is 2.08. The molecule has 0 aromatic heterocycles. The van der Waals surface area contributed by atoms with Gasteiger partial charge in [-0.25, -0.2) is 0 Å². The van der Waals surface area contributed by atoms with E-state index < -0.39 is 0 Å². The molecular formula is C12H16BrNO. The lowest BCUT2D eigenvalue weighted by Crippen LogP contribution is -2.28. The third kappa shape index (κ3) is 2.52. The number of aliphatic hydroxyl groups excluding tert-OH is 1. The molecule has 0 aliphatic heterocycles. The van der Waals surface area contributed by atoms with Crippen molar-refractivity contribution in [2.45, 2.75) is 38.3 Å². The highest BCUT2D eigenvalue weighted by Crippen LogP contribution is 2.26. The van der Waals surface area contributed by atoms with Gasteiger partial charge in [0.25, 0.3) is 0 Å². The Hall–Kier alpha value is -0.540. The van der Waals surface area contributed by atoms with Crippen LogP contribution in [0.15, 0.2) is 22.7 Å². The second-order valence-corrected chi connectivity index (χ2v) is 5.12. The van der Waals surface area contributed by atoms with E-state index in [-0.39, 0.29) is 12.1 Å². The molecule has 1 saturated carbocycles. The third-order valence-electron chi connectivity index (χ3n) is 3.02. The summed E-state index contributed by atoms with van der Waals surface area (Å²) in [6.07, 6.45) is 2.91. The minimum absolute atomic E-state index is 0.191. The van der Waals surface area contributed by atoms with E-state index >= 15 is 0 Å². The molecule has 2 N–H and O–H groups in total. The van der Waals surface area contributed by atoms with E-state index in [1.165, 1.54) is 5.56 Å². The van der Waals surface area contributed by atoms with Crippen LogP contribution in [0.4, 0.5) is 5.69 Å². The average Bonchev–Trinajstić information content (AvgIpc) is 2.58. The molecule has 0 radical (unpaired) electrons. The highest BCUT2D eigenvalue weighted by atomic mass is 79.9. The van der Waals surface area contributed by atoms with Gasteiger partial charge in [0, 0.05) is 10.2 Å². The number of aryl methyl sites for hydroxylation is 1. The molecule has 1 aromatic carbocycles. The van der Waals surface area contributed by atoms with E-state index in [0.29, 0.717) is 0 Å². The van der Waals surface area contributed by atoms with Crippen molar-refractivity contribution in [3.8, 4) is 0 Å². The molecule has 1 fully saturated rings. The molecule has 0 unspecified atom stereocenters. The minimum Gasteiger partial charge on any atom is -0.391 e. The Kier molecular flexibility index (Phi) is 3.32. The quantitative estimate of drug-likeness (QED) is 0.865. The second kappa shape index (κ2) is 4.54. The van der Waals surface area contributed by atoms with E-state index in [2.05, 4.69) is 40.3 Å². The maximum Gasteiger partial charge on any atom is 0.0741 e. The van der Waals surface area contributed by atoms with Gasteiger partial charge in [-0.05, 0) is 43.9 Å². The second-order valence-electron chi connectivity index (χ2n) is 4.21. The molecule has 1 aliphatic rings. The number of hydrogen-bond donors (Lipinski definition) is 2. The molecule has 0 saturated heterocycles. The first-order chi connectivity index (χ1) is 7.16. The molecule has 0 heterocycles. The summed E-state index contributed by atoms with van der Waals surface area (Å²) in [6, 6.07) is 6.40. The van der Waals surface area contributed by atoms with Gasteiger partial charge in [0.2, 0.25) is 0 Å². The Morgan fingerprint density at radius 3 is 2.87 bits per heavy atom. The summed E-state index contributed by atoms with van der Waals surface area (Å²) in [5, 5.41) is 13.2. The van der Waals surface area contributed by atoms with Gasteiger partial charge in [-0.2, -0.15) is 0 Å². The fraction of sp³-hybridized carbons (Fsp3) is 0.500. The van der Waals surface area contributed by atoms with Crippen molar-refractivity contribution in [1.82, 2.24) is 0 Å². The fourth-order valence-electron chi connectivity index (χ4n) is 2.06. The lowest BCUT2D eigenvalue weighted by Gasteiger charge is -2.19. The molecule has 2 nitrogen and oxygen atoms in total. The van der Waals surface area contributed by atoms with Crippen molar-refractivity contribution in [3.05, 3.63) is 28.2 Å². The maximum atomic E-state index is 9.74. The summed E-state index contributed by atoms with van der Waals surface area (Å²) in [4.78, 5) is 0.